The number of hydrogen-bond donors (Lipinski definition) is 1. The van der Waals surface area contributed by atoms with Gasteiger partial charge in [-0.2, -0.15) is 5.10 Å². The lowest BCUT2D eigenvalue weighted by Gasteiger charge is -2.34. The zero-order chi connectivity index (χ0) is 22.2. The first-order valence-electron chi connectivity index (χ1n) is 11.7. The van der Waals surface area contributed by atoms with E-state index in [1.807, 2.05) is 21.8 Å². The maximum Gasteiger partial charge on any atom is 0.242 e. The molecular formula is C24H32N6O2. The molecule has 2 aliphatic heterocycles. The van der Waals surface area contributed by atoms with E-state index in [0.29, 0.717) is 38.4 Å². The molecule has 170 valence electrons. The lowest BCUT2D eigenvalue weighted by atomic mass is 9.96. The predicted molar refractivity (Wildman–Crippen MR) is 124 cm³/mol. The summed E-state index contributed by atoms with van der Waals surface area (Å²) >= 11 is 0. The molecule has 1 aromatic carbocycles. The number of nitrogens with zero attached hydrogens (tertiary/aromatic N) is 6. The number of benzene rings is 1. The van der Waals surface area contributed by atoms with Gasteiger partial charge in [-0.15, -0.1) is 0 Å². The molecule has 2 aliphatic rings. The van der Waals surface area contributed by atoms with Crippen LogP contribution in [0.5, 0.6) is 0 Å². The third-order valence-electron chi connectivity index (χ3n) is 7.17. The molecule has 0 spiro atoms. The minimum atomic E-state index is -0.288. The maximum absolute atomic E-state index is 13.2. The van der Waals surface area contributed by atoms with Gasteiger partial charge < -0.3 is 19.5 Å². The number of aliphatic hydroxyl groups is 1. The Morgan fingerprint density at radius 3 is 2.78 bits per heavy atom. The van der Waals surface area contributed by atoms with Crippen molar-refractivity contribution in [3.05, 3.63) is 42.0 Å². The molecule has 32 heavy (non-hydrogen) atoms. The van der Waals surface area contributed by atoms with Crippen molar-refractivity contribution in [2.24, 2.45) is 0 Å². The van der Waals surface area contributed by atoms with Gasteiger partial charge in [-0.1, -0.05) is 0 Å². The molecule has 0 bridgehead atoms. The van der Waals surface area contributed by atoms with E-state index in [-0.39, 0.29) is 18.6 Å². The van der Waals surface area contributed by atoms with Crippen LogP contribution in [-0.4, -0.2) is 67.5 Å². The lowest BCUT2D eigenvalue weighted by Crippen LogP contribution is -2.41. The van der Waals surface area contributed by atoms with Gasteiger partial charge in [0.2, 0.25) is 5.91 Å². The largest absolute Gasteiger partial charge is 0.393 e. The number of aromatic nitrogens is 4. The Labute approximate surface area is 188 Å². The highest BCUT2D eigenvalue weighted by atomic mass is 16.3. The van der Waals surface area contributed by atoms with Crippen LogP contribution in [0.1, 0.15) is 37.6 Å². The van der Waals surface area contributed by atoms with Gasteiger partial charge in [0.05, 0.1) is 17.1 Å². The zero-order valence-corrected chi connectivity index (χ0v) is 18.9. The number of carbonyl (C=O) groups excluding carboxylic acids is 1. The first-order valence-corrected chi connectivity index (χ1v) is 11.7. The predicted octanol–water partition coefficient (Wildman–Crippen LogP) is 2.23. The standard InChI is InChI=1S/C24H32N6O2/c1-17-4-5-19-20(27(17)2)6-7-21-24(19)26-22(10-15-29-12-3-11-25-29)30(21)16-23(32)28-13-8-18(31)9-14-28/h3,6-7,11-12,17-18,31H,4-5,8-10,13-16H2,1-2H3. The summed E-state index contributed by atoms with van der Waals surface area (Å²) in [5.41, 5.74) is 4.60. The van der Waals surface area contributed by atoms with Crippen LogP contribution in [0.25, 0.3) is 11.0 Å². The second kappa shape index (κ2) is 8.58. The second-order valence-electron chi connectivity index (χ2n) is 9.17. The molecule has 1 fully saturated rings. The number of imidazole rings is 1. The van der Waals surface area contributed by atoms with Gasteiger partial charge in [0.1, 0.15) is 12.4 Å². The normalized spacial score (nSPS) is 19.5. The van der Waals surface area contributed by atoms with Crippen LogP contribution in [0, 0.1) is 0 Å². The number of piperidine rings is 1. The van der Waals surface area contributed by atoms with Crippen LogP contribution in [0.2, 0.25) is 0 Å². The van der Waals surface area contributed by atoms with Crippen molar-refractivity contribution in [3.8, 4) is 0 Å². The Hall–Kier alpha value is -2.87. The number of fused-ring (bicyclic) bond motifs is 3. The van der Waals surface area contributed by atoms with E-state index in [1.54, 1.807) is 6.20 Å². The minimum absolute atomic E-state index is 0.0972. The molecule has 4 heterocycles. The molecule has 8 nitrogen and oxygen atoms in total. The summed E-state index contributed by atoms with van der Waals surface area (Å²) in [6, 6.07) is 6.74. The highest BCUT2D eigenvalue weighted by Gasteiger charge is 2.27. The van der Waals surface area contributed by atoms with E-state index < -0.39 is 0 Å². The third kappa shape index (κ3) is 3.88. The SMILES string of the molecule is CC1CCc2c(ccc3c2nc(CCn2cccn2)n3CC(=O)N2CCC(O)CC2)N1C. The summed E-state index contributed by atoms with van der Waals surface area (Å²) in [5, 5.41) is 14.1. The average molecular weight is 437 g/mol. The number of rotatable bonds is 5. The van der Waals surface area contributed by atoms with Crippen molar-refractivity contribution in [2.45, 2.75) is 64.3 Å². The molecule has 1 unspecified atom stereocenters. The van der Waals surface area contributed by atoms with Crippen LogP contribution in [0.15, 0.2) is 30.6 Å². The van der Waals surface area contributed by atoms with Gasteiger partial charge in [-0.05, 0) is 50.8 Å². The first-order chi connectivity index (χ1) is 15.5. The van der Waals surface area contributed by atoms with Gasteiger partial charge in [-0.3, -0.25) is 9.48 Å². The molecule has 1 saturated heterocycles. The number of aliphatic hydroxyl groups excluding tert-OH is 1. The molecule has 0 saturated carbocycles. The Morgan fingerprint density at radius 1 is 1.22 bits per heavy atom. The summed E-state index contributed by atoms with van der Waals surface area (Å²) in [6.45, 7) is 4.50. The molecule has 1 atom stereocenters. The molecule has 8 heteroatoms. The van der Waals surface area contributed by atoms with Gasteiger partial charge >= 0.3 is 0 Å². The Balaban J connectivity index is 1.49. The Kier molecular flexibility index (Phi) is 5.63. The molecule has 5 rings (SSSR count). The molecule has 1 N–H and O–H groups in total. The molecule has 1 amide bonds. The Bertz CT molecular complexity index is 1100. The van der Waals surface area contributed by atoms with Crippen molar-refractivity contribution < 1.29 is 9.90 Å². The minimum Gasteiger partial charge on any atom is -0.393 e. The van der Waals surface area contributed by atoms with Crippen LogP contribution in [0.4, 0.5) is 5.69 Å². The second-order valence-corrected chi connectivity index (χ2v) is 9.17. The summed E-state index contributed by atoms with van der Waals surface area (Å²) in [7, 11) is 2.15. The number of carbonyl (C=O) groups is 1. The summed E-state index contributed by atoms with van der Waals surface area (Å²) in [6.07, 6.45) is 7.58. The monoisotopic (exact) mass is 436 g/mol. The summed E-state index contributed by atoms with van der Waals surface area (Å²) in [4.78, 5) is 22.5. The van der Waals surface area contributed by atoms with Gasteiger partial charge in [0, 0.05) is 62.8 Å². The summed E-state index contributed by atoms with van der Waals surface area (Å²) < 4.78 is 4.01. The molecule has 0 aliphatic carbocycles. The number of amides is 1. The van der Waals surface area contributed by atoms with E-state index in [1.165, 1.54) is 11.3 Å². The van der Waals surface area contributed by atoms with Crippen molar-refractivity contribution in [2.75, 3.05) is 25.0 Å². The molecule has 2 aromatic heterocycles. The fourth-order valence-corrected chi connectivity index (χ4v) is 5.01. The highest BCUT2D eigenvalue weighted by molar-refractivity contribution is 5.88. The van der Waals surface area contributed by atoms with Crippen LogP contribution < -0.4 is 4.90 Å². The smallest absolute Gasteiger partial charge is 0.242 e. The fraction of sp³-hybridized carbons (Fsp3) is 0.542. The quantitative estimate of drug-likeness (QED) is 0.664. The molecule has 3 aromatic rings. The van der Waals surface area contributed by atoms with E-state index >= 15 is 0 Å². The average Bonchev–Trinajstić information content (AvgIpc) is 3.43. The van der Waals surface area contributed by atoms with Crippen molar-refractivity contribution in [3.63, 3.8) is 0 Å². The number of hydrogen-bond acceptors (Lipinski definition) is 5. The van der Waals surface area contributed by atoms with Crippen LogP contribution in [0.3, 0.4) is 0 Å². The summed E-state index contributed by atoms with van der Waals surface area (Å²) in [5.74, 6) is 1.02. The van der Waals surface area contributed by atoms with E-state index in [9.17, 15) is 9.90 Å². The van der Waals surface area contributed by atoms with Gasteiger partial charge in [0.15, 0.2) is 0 Å². The number of anilines is 1. The van der Waals surface area contributed by atoms with E-state index in [0.717, 1.165) is 36.2 Å². The fourth-order valence-electron chi connectivity index (χ4n) is 5.01. The number of likely N-dealkylation sites (tertiary alicyclic amines) is 1. The van der Waals surface area contributed by atoms with Crippen molar-refractivity contribution in [1.29, 1.82) is 0 Å². The Morgan fingerprint density at radius 2 is 2.03 bits per heavy atom. The molecular weight excluding hydrogens is 404 g/mol. The van der Waals surface area contributed by atoms with E-state index in [2.05, 4.69) is 40.7 Å². The van der Waals surface area contributed by atoms with Gasteiger partial charge in [0.25, 0.3) is 0 Å². The van der Waals surface area contributed by atoms with Crippen molar-refractivity contribution >= 4 is 22.6 Å². The third-order valence-corrected chi connectivity index (χ3v) is 7.17. The first kappa shape index (κ1) is 21.0. The van der Waals surface area contributed by atoms with Crippen LogP contribution in [-0.2, 0) is 30.7 Å². The maximum atomic E-state index is 13.2. The zero-order valence-electron chi connectivity index (χ0n) is 18.9. The highest BCUT2D eigenvalue weighted by Crippen LogP contribution is 2.35. The van der Waals surface area contributed by atoms with Crippen molar-refractivity contribution in [1.82, 2.24) is 24.2 Å². The lowest BCUT2D eigenvalue weighted by molar-refractivity contribution is -0.133. The molecule has 0 radical (unpaired) electrons. The van der Waals surface area contributed by atoms with E-state index in [4.69, 9.17) is 4.98 Å². The topological polar surface area (TPSA) is 79.4 Å². The van der Waals surface area contributed by atoms with Crippen LogP contribution >= 0.6 is 0 Å². The number of aryl methyl sites for hydroxylation is 3. The van der Waals surface area contributed by atoms with Gasteiger partial charge in [-0.25, -0.2) is 4.98 Å².